The molecule has 0 aliphatic carbocycles. The summed E-state index contributed by atoms with van der Waals surface area (Å²) in [5.74, 6) is 0.816. The van der Waals surface area contributed by atoms with Crippen LogP contribution in [0, 0.1) is 10.1 Å². The molecular formula is C28H35N3O4Si. The maximum absolute atomic E-state index is 11.3. The maximum atomic E-state index is 11.3. The van der Waals surface area contributed by atoms with Crippen molar-refractivity contribution in [1.29, 1.82) is 0 Å². The van der Waals surface area contributed by atoms with Crippen LogP contribution in [0.1, 0.15) is 32.4 Å². The van der Waals surface area contributed by atoms with Crippen molar-refractivity contribution >= 4 is 35.8 Å². The van der Waals surface area contributed by atoms with Crippen LogP contribution in [0.5, 0.6) is 5.75 Å². The van der Waals surface area contributed by atoms with Crippen molar-refractivity contribution in [1.82, 2.24) is 10.3 Å². The normalized spacial score (nSPS) is 12.8. The molecule has 8 heteroatoms. The third-order valence-electron chi connectivity index (χ3n) is 7.13. The molecule has 0 saturated heterocycles. The van der Waals surface area contributed by atoms with Crippen LogP contribution in [0.4, 0.5) is 5.69 Å². The van der Waals surface area contributed by atoms with Crippen LogP contribution in [0.3, 0.4) is 0 Å². The van der Waals surface area contributed by atoms with Crippen molar-refractivity contribution in [3.8, 4) is 5.75 Å². The zero-order chi connectivity index (χ0) is 25.5. The maximum Gasteiger partial charge on any atom is 0.269 e. The average Bonchev–Trinajstić information content (AvgIpc) is 3.28. The summed E-state index contributed by atoms with van der Waals surface area (Å²) < 4.78 is 12.8. The molecule has 0 aliphatic rings. The van der Waals surface area contributed by atoms with Crippen LogP contribution in [-0.2, 0) is 4.43 Å². The molecule has 3 aromatic carbocycles. The quantitative estimate of drug-likeness (QED) is 0.0887. The molecule has 0 saturated carbocycles. The Morgan fingerprint density at radius 2 is 1.69 bits per heavy atom. The van der Waals surface area contributed by atoms with Gasteiger partial charge in [0.2, 0.25) is 0 Å². The Kier molecular flexibility index (Phi) is 8.40. The fourth-order valence-corrected chi connectivity index (χ4v) is 7.59. The molecule has 190 valence electrons. The molecular weight excluding hydrogens is 470 g/mol. The van der Waals surface area contributed by atoms with E-state index < -0.39 is 8.32 Å². The Bertz CT molecular complexity index is 1310. The molecule has 2 N–H and O–H groups in total. The van der Waals surface area contributed by atoms with Gasteiger partial charge in [-0.3, -0.25) is 10.1 Å². The number of aromatic nitrogens is 1. The number of hydrogen-bond donors (Lipinski definition) is 2. The van der Waals surface area contributed by atoms with E-state index in [9.17, 15) is 10.1 Å². The van der Waals surface area contributed by atoms with E-state index in [1.807, 2.05) is 30.3 Å². The second kappa shape index (κ2) is 11.7. The molecule has 0 fully saturated rings. The van der Waals surface area contributed by atoms with Gasteiger partial charge >= 0.3 is 0 Å². The van der Waals surface area contributed by atoms with Gasteiger partial charge < -0.3 is 19.5 Å². The first-order valence-electron chi connectivity index (χ1n) is 12.7. The van der Waals surface area contributed by atoms with E-state index in [0.717, 1.165) is 40.5 Å². The molecule has 36 heavy (non-hydrogen) atoms. The second-order valence-electron chi connectivity index (χ2n) is 9.13. The van der Waals surface area contributed by atoms with Crippen molar-refractivity contribution in [2.24, 2.45) is 0 Å². The monoisotopic (exact) mass is 505 g/mol. The molecule has 0 aliphatic heterocycles. The molecule has 0 spiro atoms. The number of nitrogens with zero attached hydrogens (tertiary/aromatic N) is 1. The molecule has 1 heterocycles. The van der Waals surface area contributed by atoms with Gasteiger partial charge in [0.15, 0.2) is 8.32 Å². The fourth-order valence-electron chi connectivity index (χ4n) is 4.77. The summed E-state index contributed by atoms with van der Waals surface area (Å²) >= 11 is 0. The van der Waals surface area contributed by atoms with Crippen LogP contribution in [-0.4, -0.2) is 37.9 Å². The zero-order valence-electron chi connectivity index (χ0n) is 21.3. The number of nitro groups is 1. The summed E-state index contributed by atoms with van der Waals surface area (Å²) in [5.41, 5.74) is 3.10. The average molecular weight is 506 g/mol. The Morgan fingerprint density at radius 3 is 2.44 bits per heavy atom. The number of rotatable bonds is 13. The number of para-hydroxylation sites is 1. The largest absolute Gasteiger partial charge is 0.492 e. The minimum absolute atomic E-state index is 0.0913. The summed E-state index contributed by atoms with van der Waals surface area (Å²) in [7, 11) is -1.91. The van der Waals surface area contributed by atoms with Crippen LogP contribution in [0.2, 0.25) is 18.1 Å². The standard InChI is InChI=1S/C28H35N3O4Si/c1-4-36(5-2,6-3)35-28(21-10-9-11-22(18-21)31(32)33)20-29-16-17-34-23-14-15-25-24-12-7-8-13-26(24)30-27(25)19-23/h7-15,18-19,28-30H,4-6,16-17,20H2,1-3H3. The van der Waals surface area contributed by atoms with Crippen molar-refractivity contribution in [2.45, 2.75) is 45.0 Å². The highest BCUT2D eigenvalue weighted by Gasteiger charge is 2.32. The number of nitrogens with one attached hydrogen (secondary N) is 2. The van der Waals surface area contributed by atoms with Gasteiger partial charge in [0.05, 0.1) is 16.5 Å². The predicted molar refractivity (Wildman–Crippen MR) is 148 cm³/mol. The first-order chi connectivity index (χ1) is 17.5. The lowest BCUT2D eigenvalue weighted by atomic mass is 10.1. The number of H-pyrrole nitrogens is 1. The summed E-state index contributed by atoms with van der Waals surface area (Å²) in [4.78, 5) is 14.4. The summed E-state index contributed by atoms with van der Waals surface area (Å²) in [6, 6.07) is 24.3. The number of aromatic amines is 1. The van der Waals surface area contributed by atoms with Gasteiger partial charge in [0, 0.05) is 47.6 Å². The predicted octanol–water partition coefficient (Wildman–Crippen LogP) is 6.96. The molecule has 7 nitrogen and oxygen atoms in total. The number of fused-ring (bicyclic) bond motifs is 3. The number of non-ortho nitro benzene ring substituents is 1. The number of ether oxygens (including phenoxy) is 1. The SMILES string of the molecule is CC[Si](CC)(CC)OC(CNCCOc1ccc2c(c1)[nH]c1ccccc12)c1cccc([N+](=O)[O-])c1. The highest BCUT2D eigenvalue weighted by molar-refractivity contribution is 6.73. The van der Waals surface area contributed by atoms with Crippen LogP contribution < -0.4 is 10.1 Å². The number of nitro benzene ring substituents is 1. The highest BCUT2D eigenvalue weighted by atomic mass is 28.4. The van der Waals surface area contributed by atoms with E-state index in [1.165, 1.54) is 16.8 Å². The molecule has 1 atom stereocenters. The lowest BCUT2D eigenvalue weighted by molar-refractivity contribution is -0.385. The van der Waals surface area contributed by atoms with Gasteiger partial charge in [-0.2, -0.15) is 0 Å². The van der Waals surface area contributed by atoms with Gasteiger partial charge in [0.25, 0.3) is 5.69 Å². The Morgan fingerprint density at radius 1 is 0.944 bits per heavy atom. The van der Waals surface area contributed by atoms with E-state index >= 15 is 0 Å². The van der Waals surface area contributed by atoms with Crippen LogP contribution in [0.25, 0.3) is 21.8 Å². The first kappa shape index (κ1) is 25.9. The van der Waals surface area contributed by atoms with E-state index in [2.05, 4.69) is 49.3 Å². The number of hydrogen-bond acceptors (Lipinski definition) is 5. The van der Waals surface area contributed by atoms with E-state index in [1.54, 1.807) is 12.1 Å². The molecule has 1 unspecified atom stereocenters. The molecule has 0 radical (unpaired) electrons. The van der Waals surface area contributed by atoms with Crippen molar-refractivity contribution in [3.63, 3.8) is 0 Å². The Labute approximate surface area is 213 Å². The van der Waals surface area contributed by atoms with Crippen molar-refractivity contribution in [3.05, 3.63) is 82.4 Å². The lowest BCUT2D eigenvalue weighted by Gasteiger charge is -2.33. The Balaban J connectivity index is 1.39. The van der Waals surface area contributed by atoms with Crippen LogP contribution in [0.15, 0.2) is 66.7 Å². The third kappa shape index (κ3) is 5.78. The number of benzene rings is 3. The highest BCUT2D eigenvalue weighted by Crippen LogP contribution is 2.31. The van der Waals surface area contributed by atoms with Crippen molar-refractivity contribution < 1.29 is 14.1 Å². The first-order valence-corrected chi connectivity index (χ1v) is 15.3. The molecule has 0 bridgehead atoms. The molecule has 4 rings (SSSR count). The summed E-state index contributed by atoms with van der Waals surface area (Å²) in [5, 5.41) is 17.2. The lowest BCUT2D eigenvalue weighted by Crippen LogP contribution is -2.40. The summed E-state index contributed by atoms with van der Waals surface area (Å²) in [6.07, 6.45) is -0.237. The molecule has 0 amide bonds. The minimum atomic E-state index is -1.91. The van der Waals surface area contributed by atoms with Crippen LogP contribution >= 0.6 is 0 Å². The topological polar surface area (TPSA) is 89.4 Å². The minimum Gasteiger partial charge on any atom is -0.492 e. The smallest absolute Gasteiger partial charge is 0.269 e. The third-order valence-corrected chi connectivity index (χ3v) is 11.8. The van der Waals surface area contributed by atoms with Gasteiger partial charge in [-0.1, -0.05) is 51.1 Å². The van der Waals surface area contributed by atoms with E-state index in [-0.39, 0.29) is 16.7 Å². The van der Waals surface area contributed by atoms with E-state index in [4.69, 9.17) is 9.16 Å². The van der Waals surface area contributed by atoms with Gasteiger partial charge in [-0.05, 0) is 41.9 Å². The van der Waals surface area contributed by atoms with E-state index in [0.29, 0.717) is 19.7 Å². The van der Waals surface area contributed by atoms with Crippen molar-refractivity contribution in [2.75, 3.05) is 19.7 Å². The van der Waals surface area contributed by atoms with Gasteiger partial charge in [-0.25, -0.2) is 0 Å². The molecule has 1 aromatic heterocycles. The summed E-state index contributed by atoms with van der Waals surface area (Å²) in [6.45, 7) is 8.28. The molecule has 4 aromatic rings. The van der Waals surface area contributed by atoms with Gasteiger partial charge in [0.1, 0.15) is 12.4 Å². The Hall–Kier alpha value is -3.20. The second-order valence-corrected chi connectivity index (χ2v) is 13.9. The fraction of sp³-hybridized carbons (Fsp3) is 0.357. The van der Waals surface area contributed by atoms with Gasteiger partial charge in [-0.15, -0.1) is 0 Å². The zero-order valence-corrected chi connectivity index (χ0v) is 22.3.